The lowest BCUT2D eigenvalue weighted by molar-refractivity contribution is -0.215. The van der Waals surface area contributed by atoms with Crippen LogP contribution in [0.2, 0.25) is 0 Å². The van der Waals surface area contributed by atoms with E-state index in [-0.39, 0.29) is 23.2 Å². The Morgan fingerprint density at radius 1 is 0.820 bits per heavy atom. The minimum absolute atomic E-state index is 0.0471. The fourth-order valence-electron chi connectivity index (χ4n) is 6.96. The first-order valence-corrected chi connectivity index (χ1v) is 19.0. The molecule has 1 N–H and O–H groups in total. The molecule has 1 aliphatic heterocycles. The Morgan fingerprint density at radius 2 is 1.46 bits per heavy atom. The number of benzene rings is 5. The molecule has 1 saturated heterocycles. The standard InChI is InChI=1S/C46H38F4N2O9/c1-57-34-21-20-32(35(24-34)31-18-11-19-33(22-31)43(53)54)23-36-41(46(48,49)50)52(26-28-12-5-2-6-13-28)51-42(36)61-39-25-37(60-45(56)30-16-9-4-10-17-30)40(47)38(59-39)27-58-44(55)29-14-7-3-8-15-29/h2-22,24,37-40H,23,25-27H2,1H3,(H,53,54). The van der Waals surface area contributed by atoms with Crippen LogP contribution in [0, 0.1) is 0 Å². The summed E-state index contributed by atoms with van der Waals surface area (Å²) < 4.78 is 91.8. The fourth-order valence-corrected chi connectivity index (χ4v) is 6.96. The molecule has 0 amide bonds. The van der Waals surface area contributed by atoms with Crippen LogP contribution < -0.4 is 9.47 Å². The summed E-state index contributed by atoms with van der Waals surface area (Å²) in [5.41, 5.74) is 0.266. The molecule has 1 aliphatic rings. The minimum atomic E-state index is -4.99. The summed E-state index contributed by atoms with van der Waals surface area (Å²) in [6.45, 7) is -0.989. The number of carbonyl (C=O) groups is 3. The molecule has 0 spiro atoms. The van der Waals surface area contributed by atoms with Gasteiger partial charge >= 0.3 is 24.1 Å². The van der Waals surface area contributed by atoms with E-state index in [1.54, 1.807) is 91.0 Å². The van der Waals surface area contributed by atoms with E-state index in [2.05, 4.69) is 5.10 Å². The van der Waals surface area contributed by atoms with Crippen molar-refractivity contribution in [1.29, 1.82) is 0 Å². The summed E-state index contributed by atoms with van der Waals surface area (Å²) in [7, 11) is 1.42. The predicted octanol–water partition coefficient (Wildman–Crippen LogP) is 8.83. The number of carbonyl (C=O) groups excluding carboxylic acids is 2. The average Bonchev–Trinajstić information content (AvgIpc) is 3.60. The van der Waals surface area contributed by atoms with Gasteiger partial charge in [0.15, 0.2) is 6.17 Å². The number of hydrogen-bond donors (Lipinski definition) is 1. The monoisotopic (exact) mass is 838 g/mol. The first-order chi connectivity index (χ1) is 29.4. The first-order valence-electron chi connectivity index (χ1n) is 19.0. The molecule has 6 aromatic rings. The van der Waals surface area contributed by atoms with E-state index >= 15 is 17.6 Å². The summed E-state index contributed by atoms with van der Waals surface area (Å²) in [6, 6.07) is 34.7. The Balaban J connectivity index is 1.29. The molecule has 1 fully saturated rings. The molecule has 4 unspecified atom stereocenters. The van der Waals surface area contributed by atoms with Crippen molar-refractivity contribution in [1.82, 2.24) is 9.78 Å². The third-order valence-corrected chi connectivity index (χ3v) is 9.92. The van der Waals surface area contributed by atoms with Crippen LogP contribution >= 0.6 is 0 Å². The van der Waals surface area contributed by atoms with Gasteiger partial charge in [-0.05, 0) is 70.8 Å². The number of esters is 2. The highest BCUT2D eigenvalue weighted by molar-refractivity contribution is 5.90. The van der Waals surface area contributed by atoms with Crippen molar-refractivity contribution in [3.05, 3.63) is 173 Å². The van der Waals surface area contributed by atoms with Crippen LogP contribution in [0.15, 0.2) is 133 Å². The summed E-state index contributed by atoms with van der Waals surface area (Å²) in [5, 5.41) is 14.0. The normalized spacial score (nSPS) is 17.6. The van der Waals surface area contributed by atoms with E-state index in [0.29, 0.717) is 28.0 Å². The van der Waals surface area contributed by atoms with Gasteiger partial charge < -0.3 is 28.8 Å². The number of nitrogens with zero attached hydrogens (tertiary/aromatic N) is 2. The number of methoxy groups -OCH3 is 1. The van der Waals surface area contributed by atoms with Crippen LogP contribution in [0.5, 0.6) is 11.6 Å². The number of alkyl halides is 4. The van der Waals surface area contributed by atoms with Gasteiger partial charge in [0.2, 0.25) is 12.2 Å². The van der Waals surface area contributed by atoms with E-state index < -0.39 is 85.3 Å². The highest BCUT2D eigenvalue weighted by Gasteiger charge is 2.45. The van der Waals surface area contributed by atoms with Gasteiger partial charge in [0.1, 0.15) is 30.3 Å². The van der Waals surface area contributed by atoms with Gasteiger partial charge in [0.05, 0.1) is 42.3 Å². The van der Waals surface area contributed by atoms with Gasteiger partial charge in [-0.25, -0.2) is 18.8 Å². The molecule has 7 rings (SSSR count). The lowest BCUT2D eigenvalue weighted by Gasteiger charge is -2.37. The van der Waals surface area contributed by atoms with Crippen LogP contribution in [0.3, 0.4) is 0 Å². The summed E-state index contributed by atoms with van der Waals surface area (Å²) >= 11 is 0. The molecule has 11 nitrogen and oxygen atoms in total. The van der Waals surface area contributed by atoms with Crippen LogP contribution in [0.25, 0.3) is 11.1 Å². The summed E-state index contributed by atoms with van der Waals surface area (Å²) in [4.78, 5) is 37.9. The van der Waals surface area contributed by atoms with Crippen LogP contribution in [0.1, 0.15) is 59.9 Å². The molecular weight excluding hydrogens is 801 g/mol. The molecule has 1 aromatic heterocycles. The molecule has 314 valence electrons. The number of rotatable bonds is 14. The van der Waals surface area contributed by atoms with Gasteiger partial charge in [0.25, 0.3) is 0 Å². The second kappa shape index (κ2) is 18.5. The smallest absolute Gasteiger partial charge is 0.433 e. The Hall–Kier alpha value is -7.00. The minimum Gasteiger partial charge on any atom is -0.497 e. The Bertz CT molecular complexity index is 2480. The fraction of sp³-hybridized carbons (Fsp3) is 0.217. The summed E-state index contributed by atoms with van der Waals surface area (Å²) in [5.74, 6) is -3.02. The maximum atomic E-state index is 16.3. The maximum Gasteiger partial charge on any atom is 0.433 e. The van der Waals surface area contributed by atoms with E-state index in [0.717, 1.165) is 4.68 Å². The van der Waals surface area contributed by atoms with Crippen LogP contribution in [0.4, 0.5) is 17.6 Å². The van der Waals surface area contributed by atoms with E-state index in [9.17, 15) is 19.5 Å². The van der Waals surface area contributed by atoms with Gasteiger partial charge in [-0.3, -0.25) is 4.68 Å². The number of aromatic carboxylic acids is 1. The zero-order valence-electron chi connectivity index (χ0n) is 32.5. The van der Waals surface area contributed by atoms with Gasteiger partial charge in [-0.15, -0.1) is 5.10 Å². The third-order valence-electron chi connectivity index (χ3n) is 9.92. The molecule has 0 saturated carbocycles. The molecule has 2 heterocycles. The van der Waals surface area contributed by atoms with Crippen molar-refractivity contribution in [2.45, 2.75) is 50.2 Å². The van der Waals surface area contributed by atoms with Crippen molar-refractivity contribution in [3.8, 4) is 22.8 Å². The highest BCUT2D eigenvalue weighted by atomic mass is 19.4. The third kappa shape index (κ3) is 10.1. The first kappa shape index (κ1) is 42.1. The zero-order valence-corrected chi connectivity index (χ0v) is 32.5. The van der Waals surface area contributed by atoms with Gasteiger partial charge in [-0.2, -0.15) is 13.2 Å². The zero-order chi connectivity index (χ0) is 43.1. The SMILES string of the molecule is COc1ccc(Cc2c(OC3CC(OC(=O)c4ccccc4)C(F)C(COC(=O)c4ccccc4)O3)nn(Cc3ccccc3)c2C(F)(F)F)c(-c2cccc(C(=O)O)c2)c1. The van der Waals surface area contributed by atoms with Crippen molar-refractivity contribution in [3.63, 3.8) is 0 Å². The number of carboxylic acids is 1. The van der Waals surface area contributed by atoms with Crippen LogP contribution in [-0.2, 0) is 33.4 Å². The lowest BCUT2D eigenvalue weighted by atomic mass is 9.93. The number of halogens is 4. The van der Waals surface area contributed by atoms with Crippen molar-refractivity contribution in [2.75, 3.05) is 13.7 Å². The maximum absolute atomic E-state index is 16.3. The molecule has 0 radical (unpaired) electrons. The molecule has 0 bridgehead atoms. The van der Waals surface area contributed by atoms with E-state index in [1.807, 2.05) is 0 Å². The number of ether oxygens (including phenoxy) is 5. The second-order valence-electron chi connectivity index (χ2n) is 14.0. The van der Waals surface area contributed by atoms with E-state index in [4.69, 9.17) is 23.7 Å². The topological polar surface area (TPSA) is 135 Å². The number of carboxylic acid groups (broad SMARTS) is 1. The number of hydrogen-bond acceptors (Lipinski definition) is 9. The lowest BCUT2D eigenvalue weighted by Crippen LogP contribution is -2.51. The molecule has 0 aliphatic carbocycles. The predicted molar refractivity (Wildman–Crippen MR) is 212 cm³/mol. The quantitative estimate of drug-likeness (QED) is 0.0838. The molecular formula is C46H38F4N2O9. The Labute approximate surface area is 347 Å². The Morgan fingerprint density at radius 3 is 2.10 bits per heavy atom. The van der Waals surface area contributed by atoms with E-state index in [1.165, 1.54) is 49.6 Å². The molecule has 5 aromatic carbocycles. The Kier molecular flexibility index (Phi) is 12.8. The van der Waals surface area contributed by atoms with Gasteiger partial charge in [-0.1, -0.05) is 84.9 Å². The average molecular weight is 839 g/mol. The molecule has 61 heavy (non-hydrogen) atoms. The molecule has 4 atom stereocenters. The summed E-state index contributed by atoms with van der Waals surface area (Å²) in [6.07, 6.45) is -12.7. The van der Waals surface area contributed by atoms with Crippen molar-refractivity contribution < 1.29 is 60.7 Å². The van der Waals surface area contributed by atoms with Crippen molar-refractivity contribution in [2.24, 2.45) is 0 Å². The van der Waals surface area contributed by atoms with Crippen molar-refractivity contribution >= 4 is 17.9 Å². The second-order valence-corrected chi connectivity index (χ2v) is 14.0. The highest BCUT2D eigenvalue weighted by Crippen LogP contribution is 2.41. The molecule has 15 heteroatoms. The van der Waals surface area contributed by atoms with Gasteiger partial charge in [0, 0.05) is 6.42 Å². The number of aromatic nitrogens is 2. The largest absolute Gasteiger partial charge is 0.497 e. The van der Waals surface area contributed by atoms with Crippen LogP contribution in [-0.4, -0.2) is 71.2 Å².